The zero-order chi connectivity index (χ0) is 19.7. The second kappa shape index (κ2) is 7.56. The van der Waals surface area contributed by atoms with Crippen molar-refractivity contribution in [3.05, 3.63) is 40.3 Å². The Labute approximate surface area is 160 Å². The molecule has 1 heterocycles. The minimum atomic E-state index is -0.827. The molecular weight excluding hydrogens is 375 g/mol. The molecule has 2 unspecified atom stereocenters. The van der Waals surface area contributed by atoms with Gasteiger partial charge in [0.05, 0.1) is 10.7 Å². The molecule has 2 atom stereocenters. The van der Waals surface area contributed by atoms with E-state index in [1.165, 1.54) is 22.9 Å². The summed E-state index contributed by atoms with van der Waals surface area (Å²) in [5, 5.41) is 16.0. The first-order chi connectivity index (χ1) is 12.8. The highest BCUT2D eigenvalue weighted by Crippen LogP contribution is 2.41. The van der Waals surface area contributed by atoms with Crippen LogP contribution in [0.5, 0.6) is 0 Å². The molecule has 1 aromatic carbocycles. The van der Waals surface area contributed by atoms with Crippen molar-refractivity contribution in [2.24, 2.45) is 13.0 Å². The summed E-state index contributed by atoms with van der Waals surface area (Å²) in [6, 6.07) is 3.89. The zero-order valence-electron chi connectivity index (χ0n) is 14.7. The summed E-state index contributed by atoms with van der Waals surface area (Å²) < 4.78 is 14.7. The molecule has 1 aliphatic carbocycles. The number of nitrogen functional groups attached to an aromatic ring is 1. The molecule has 4 N–H and O–H groups in total. The number of carboxylic acid groups (broad SMARTS) is 1. The number of carboxylic acids is 1. The number of amides is 1. The molecule has 0 saturated heterocycles. The van der Waals surface area contributed by atoms with Crippen LogP contribution in [0, 0.1) is 11.7 Å². The summed E-state index contributed by atoms with van der Waals surface area (Å²) in [5.74, 6) is -1.62. The van der Waals surface area contributed by atoms with Gasteiger partial charge in [-0.2, -0.15) is 5.10 Å². The first-order valence-corrected chi connectivity index (χ1v) is 8.94. The van der Waals surface area contributed by atoms with Crippen LogP contribution in [0.4, 0.5) is 15.9 Å². The van der Waals surface area contributed by atoms with Crippen LogP contribution < -0.4 is 11.1 Å². The number of halogens is 2. The van der Waals surface area contributed by atoms with Crippen LogP contribution in [0.15, 0.2) is 18.2 Å². The lowest BCUT2D eigenvalue weighted by atomic mass is 9.96. The number of nitrogens with two attached hydrogens (primary N) is 1. The van der Waals surface area contributed by atoms with Gasteiger partial charge in [0.15, 0.2) is 0 Å². The van der Waals surface area contributed by atoms with E-state index < -0.39 is 17.7 Å². The van der Waals surface area contributed by atoms with Gasteiger partial charge < -0.3 is 16.2 Å². The molecule has 3 rings (SSSR count). The lowest BCUT2D eigenvalue weighted by molar-refractivity contribution is -0.138. The van der Waals surface area contributed by atoms with E-state index in [-0.39, 0.29) is 34.7 Å². The van der Waals surface area contributed by atoms with Crippen LogP contribution >= 0.6 is 11.6 Å². The van der Waals surface area contributed by atoms with Gasteiger partial charge in [-0.25, -0.2) is 4.39 Å². The fourth-order valence-corrected chi connectivity index (χ4v) is 3.78. The Kier molecular flexibility index (Phi) is 5.36. The number of nitrogens with zero attached hydrogens (tertiary/aromatic N) is 2. The number of hydrogen-bond donors (Lipinski definition) is 3. The maximum absolute atomic E-state index is 13.3. The molecule has 7 nitrogen and oxygen atoms in total. The average Bonchev–Trinajstić information content (AvgIpc) is 3.15. The maximum atomic E-state index is 13.3. The lowest BCUT2D eigenvalue weighted by Crippen LogP contribution is -2.16. The molecule has 0 radical (unpaired) electrons. The molecule has 0 spiro atoms. The minimum absolute atomic E-state index is 0.0320. The Morgan fingerprint density at radius 2 is 2.19 bits per heavy atom. The molecule has 0 aliphatic heterocycles. The van der Waals surface area contributed by atoms with Crippen molar-refractivity contribution in [1.29, 1.82) is 0 Å². The number of aromatic nitrogens is 2. The summed E-state index contributed by atoms with van der Waals surface area (Å²) in [7, 11) is 1.65. The van der Waals surface area contributed by atoms with E-state index in [0.717, 1.165) is 12.8 Å². The van der Waals surface area contributed by atoms with E-state index in [2.05, 4.69) is 10.4 Å². The Morgan fingerprint density at radius 1 is 1.44 bits per heavy atom. The van der Waals surface area contributed by atoms with Crippen molar-refractivity contribution in [3.8, 4) is 0 Å². The van der Waals surface area contributed by atoms with Crippen LogP contribution in [0.25, 0.3) is 0 Å². The average molecular weight is 395 g/mol. The topological polar surface area (TPSA) is 110 Å². The van der Waals surface area contributed by atoms with Gasteiger partial charge in [0.1, 0.15) is 17.2 Å². The van der Waals surface area contributed by atoms with Crippen LogP contribution in [0.1, 0.15) is 47.7 Å². The van der Waals surface area contributed by atoms with Gasteiger partial charge in [-0.05, 0) is 43.4 Å². The standard InChI is InChI=1S/C18H20ClFN4O3/c1-24-17(21)15(18(27)22-11-4-5-13(20)12(19)8-11)16(23-24)10-3-2-9(6-10)7-14(25)26/h4-5,8-10H,2-3,6-7,21H2,1H3,(H,22,27)(H,25,26). The number of carbonyl (C=O) groups excluding carboxylic acids is 1. The highest BCUT2D eigenvalue weighted by molar-refractivity contribution is 6.31. The third-order valence-electron chi connectivity index (χ3n) is 4.91. The molecular formula is C18H20ClFN4O3. The summed E-state index contributed by atoms with van der Waals surface area (Å²) in [4.78, 5) is 23.8. The number of hydrogen-bond acceptors (Lipinski definition) is 4. The number of carbonyl (C=O) groups is 2. The molecule has 2 aromatic rings. The second-order valence-corrected chi connectivity index (χ2v) is 7.23. The Hall–Kier alpha value is -2.61. The molecule has 27 heavy (non-hydrogen) atoms. The minimum Gasteiger partial charge on any atom is -0.481 e. The van der Waals surface area contributed by atoms with Gasteiger partial charge in [-0.3, -0.25) is 14.3 Å². The van der Waals surface area contributed by atoms with E-state index >= 15 is 0 Å². The molecule has 1 saturated carbocycles. The largest absolute Gasteiger partial charge is 0.481 e. The van der Waals surface area contributed by atoms with E-state index in [1.54, 1.807) is 7.05 Å². The highest BCUT2D eigenvalue weighted by Gasteiger charge is 2.33. The summed E-state index contributed by atoms with van der Waals surface area (Å²) in [6.45, 7) is 0. The molecule has 144 valence electrons. The summed E-state index contributed by atoms with van der Waals surface area (Å²) in [6.07, 6.45) is 2.26. The van der Waals surface area contributed by atoms with Gasteiger partial charge in [0.25, 0.3) is 5.91 Å². The number of rotatable bonds is 5. The Bertz CT molecular complexity index is 899. The highest BCUT2D eigenvalue weighted by atomic mass is 35.5. The van der Waals surface area contributed by atoms with Crippen LogP contribution in [0.2, 0.25) is 5.02 Å². The van der Waals surface area contributed by atoms with E-state index in [4.69, 9.17) is 22.4 Å². The molecule has 1 fully saturated rings. The maximum Gasteiger partial charge on any atom is 0.303 e. The third-order valence-corrected chi connectivity index (χ3v) is 5.20. The number of benzene rings is 1. The van der Waals surface area contributed by atoms with Crippen LogP contribution in [0.3, 0.4) is 0 Å². The molecule has 1 aromatic heterocycles. The first kappa shape index (κ1) is 19.2. The Balaban J connectivity index is 1.84. The SMILES string of the molecule is Cn1nc(C2CCC(CC(=O)O)C2)c(C(=O)Nc2ccc(F)c(Cl)c2)c1N. The van der Waals surface area contributed by atoms with Crippen molar-refractivity contribution >= 4 is 35.0 Å². The zero-order valence-corrected chi connectivity index (χ0v) is 15.5. The third kappa shape index (κ3) is 4.05. The first-order valence-electron chi connectivity index (χ1n) is 8.56. The van der Waals surface area contributed by atoms with Crippen molar-refractivity contribution in [1.82, 2.24) is 9.78 Å². The smallest absolute Gasteiger partial charge is 0.303 e. The van der Waals surface area contributed by atoms with Crippen molar-refractivity contribution in [3.63, 3.8) is 0 Å². The van der Waals surface area contributed by atoms with Gasteiger partial charge in [-0.1, -0.05) is 11.6 Å². The fourth-order valence-electron chi connectivity index (χ4n) is 3.60. The van der Waals surface area contributed by atoms with Gasteiger partial charge in [-0.15, -0.1) is 0 Å². The summed E-state index contributed by atoms with van der Waals surface area (Å²) >= 11 is 5.76. The quantitative estimate of drug-likeness (QED) is 0.719. The normalized spacial score (nSPS) is 19.2. The van der Waals surface area contributed by atoms with Crippen LogP contribution in [-0.2, 0) is 11.8 Å². The molecule has 9 heteroatoms. The Morgan fingerprint density at radius 3 is 2.85 bits per heavy atom. The van der Waals surface area contributed by atoms with E-state index in [1.807, 2.05) is 0 Å². The number of anilines is 2. The number of aliphatic carboxylic acids is 1. The van der Waals surface area contributed by atoms with Gasteiger partial charge >= 0.3 is 5.97 Å². The summed E-state index contributed by atoms with van der Waals surface area (Å²) in [5.41, 5.74) is 7.22. The monoisotopic (exact) mass is 394 g/mol. The molecule has 1 amide bonds. The van der Waals surface area contributed by atoms with Crippen molar-refractivity contribution < 1.29 is 19.1 Å². The van der Waals surface area contributed by atoms with Crippen molar-refractivity contribution in [2.45, 2.75) is 31.6 Å². The molecule has 0 bridgehead atoms. The molecule has 1 aliphatic rings. The van der Waals surface area contributed by atoms with Gasteiger partial charge in [0, 0.05) is 25.1 Å². The predicted octanol–water partition coefficient (Wildman–Crippen LogP) is 3.41. The number of aryl methyl sites for hydroxylation is 1. The van der Waals surface area contributed by atoms with Crippen LogP contribution in [-0.4, -0.2) is 26.8 Å². The van der Waals surface area contributed by atoms with E-state index in [0.29, 0.717) is 17.8 Å². The van der Waals surface area contributed by atoms with Gasteiger partial charge in [0.2, 0.25) is 0 Å². The number of nitrogens with one attached hydrogen (secondary N) is 1. The predicted molar refractivity (Wildman–Crippen MR) is 99.3 cm³/mol. The second-order valence-electron chi connectivity index (χ2n) is 6.83. The fraction of sp³-hybridized carbons (Fsp3) is 0.389. The van der Waals surface area contributed by atoms with Crippen molar-refractivity contribution in [2.75, 3.05) is 11.1 Å². The lowest BCUT2D eigenvalue weighted by Gasteiger charge is -2.11. The van der Waals surface area contributed by atoms with E-state index in [9.17, 15) is 14.0 Å².